The molecule has 7 heteroatoms. The van der Waals surface area contributed by atoms with Gasteiger partial charge in [-0.05, 0) is 32.9 Å². The summed E-state index contributed by atoms with van der Waals surface area (Å²) in [5.41, 5.74) is 5.40. The SMILES string of the molecule is CC(C)(C)OC(=O)N1CCOCC1C(=O)c1cccnc1N. The summed E-state index contributed by atoms with van der Waals surface area (Å²) in [6.45, 7) is 6.12. The van der Waals surface area contributed by atoms with E-state index < -0.39 is 17.7 Å². The Bertz CT molecular complexity index is 568. The molecule has 22 heavy (non-hydrogen) atoms. The van der Waals surface area contributed by atoms with E-state index in [2.05, 4.69) is 4.98 Å². The largest absolute Gasteiger partial charge is 0.444 e. The molecule has 0 spiro atoms. The van der Waals surface area contributed by atoms with E-state index in [0.717, 1.165) is 0 Å². The number of anilines is 1. The number of aromatic nitrogens is 1. The predicted molar refractivity (Wildman–Crippen MR) is 80.5 cm³/mol. The number of hydrogen-bond acceptors (Lipinski definition) is 6. The van der Waals surface area contributed by atoms with E-state index in [1.165, 1.54) is 11.1 Å². The van der Waals surface area contributed by atoms with Gasteiger partial charge in [-0.25, -0.2) is 9.78 Å². The number of nitrogens with two attached hydrogens (primary N) is 1. The van der Waals surface area contributed by atoms with Crippen molar-refractivity contribution in [3.05, 3.63) is 23.9 Å². The van der Waals surface area contributed by atoms with Crippen molar-refractivity contribution in [2.75, 3.05) is 25.5 Å². The first-order valence-electron chi connectivity index (χ1n) is 7.11. The third-order valence-electron chi connectivity index (χ3n) is 3.16. The molecule has 1 unspecified atom stereocenters. The fraction of sp³-hybridized carbons (Fsp3) is 0.533. The van der Waals surface area contributed by atoms with E-state index >= 15 is 0 Å². The smallest absolute Gasteiger partial charge is 0.411 e. The molecule has 2 heterocycles. The number of Topliss-reactive ketones (excluding diaryl/α,β-unsaturated/α-hetero) is 1. The van der Waals surface area contributed by atoms with Gasteiger partial charge in [0.1, 0.15) is 17.5 Å². The van der Waals surface area contributed by atoms with Crippen LogP contribution in [-0.2, 0) is 9.47 Å². The van der Waals surface area contributed by atoms with Crippen molar-refractivity contribution in [3.8, 4) is 0 Å². The number of amides is 1. The zero-order valence-corrected chi connectivity index (χ0v) is 13.0. The predicted octanol–water partition coefficient (Wildman–Crippen LogP) is 1.48. The number of morpholine rings is 1. The second-order valence-electron chi connectivity index (χ2n) is 6.06. The lowest BCUT2D eigenvalue weighted by atomic mass is 10.0. The molecule has 1 amide bonds. The van der Waals surface area contributed by atoms with Crippen molar-refractivity contribution < 1.29 is 19.1 Å². The van der Waals surface area contributed by atoms with Crippen LogP contribution in [0.2, 0.25) is 0 Å². The third-order valence-corrected chi connectivity index (χ3v) is 3.16. The van der Waals surface area contributed by atoms with Gasteiger partial charge in [-0.15, -0.1) is 0 Å². The van der Waals surface area contributed by atoms with Crippen LogP contribution in [0.25, 0.3) is 0 Å². The first kappa shape index (κ1) is 16.2. The number of carbonyl (C=O) groups excluding carboxylic acids is 2. The average molecular weight is 307 g/mol. The summed E-state index contributed by atoms with van der Waals surface area (Å²) in [7, 11) is 0. The Morgan fingerprint density at radius 2 is 2.18 bits per heavy atom. The van der Waals surface area contributed by atoms with E-state index in [9.17, 15) is 9.59 Å². The van der Waals surface area contributed by atoms with Crippen LogP contribution in [0.3, 0.4) is 0 Å². The molecule has 7 nitrogen and oxygen atoms in total. The Kier molecular flexibility index (Phi) is 4.65. The first-order valence-corrected chi connectivity index (χ1v) is 7.11. The fourth-order valence-corrected chi connectivity index (χ4v) is 2.17. The quantitative estimate of drug-likeness (QED) is 0.832. The molecule has 1 aliphatic rings. The van der Waals surface area contributed by atoms with E-state index in [1.54, 1.807) is 32.9 Å². The molecule has 1 fully saturated rings. The van der Waals surface area contributed by atoms with E-state index in [-0.39, 0.29) is 23.8 Å². The molecule has 0 aromatic carbocycles. The third kappa shape index (κ3) is 3.73. The molecule has 0 radical (unpaired) electrons. The van der Waals surface area contributed by atoms with Gasteiger partial charge in [0.25, 0.3) is 0 Å². The molecule has 1 aromatic rings. The van der Waals surface area contributed by atoms with Crippen LogP contribution in [0.5, 0.6) is 0 Å². The molecule has 0 aliphatic carbocycles. The summed E-state index contributed by atoms with van der Waals surface area (Å²) in [4.78, 5) is 30.2. The Morgan fingerprint density at radius 1 is 1.45 bits per heavy atom. The molecule has 0 saturated carbocycles. The van der Waals surface area contributed by atoms with Crippen LogP contribution < -0.4 is 5.73 Å². The Labute approximate surface area is 129 Å². The van der Waals surface area contributed by atoms with Crippen molar-refractivity contribution in [3.63, 3.8) is 0 Å². The monoisotopic (exact) mass is 307 g/mol. The molecule has 0 bridgehead atoms. The molecular weight excluding hydrogens is 286 g/mol. The number of ether oxygens (including phenoxy) is 2. The zero-order valence-electron chi connectivity index (χ0n) is 13.0. The number of nitrogens with zero attached hydrogens (tertiary/aromatic N) is 2. The highest BCUT2D eigenvalue weighted by Crippen LogP contribution is 2.19. The summed E-state index contributed by atoms with van der Waals surface area (Å²) < 4.78 is 10.7. The van der Waals surface area contributed by atoms with Crippen LogP contribution in [0, 0.1) is 0 Å². The maximum absolute atomic E-state index is 12.7. The van der Waals surface area contributed by atoms with Crippen LogP contribution in [0.1, 0.15) is 31.1 Å². The van der Waals surface area contributed by atoms with Crippen LogP contribution in [-0.4, -0.2) is 53.2 Å². The number of hydrogen-bond donors (Lipinski definition) is 1. The lowest BCUT2D eigenvalue weighted by Gasteiger charge is -2.35. The lowest BCUT2D eigenvalue weighted by Crippen LogP contribution is -2.53. The average Bonchev–Trinajstić information content (AvgIpc) is 2.45. The summed E-state index contributed by atoms with van der Waals surface area (Å²) in [5, 5.41) is 0. The first-order chi connectivity index (χ1) is 10.3. The van der Waals surface area contributed by atoms with E-state index in [4.69, 9.17) is 15.2 Å². The number of nitrogen functional groups attached to an aromatic ring is 1. The highest BCUT2D eigenvalue weighted by molar-refractivity contribution is 6.04. The molecule has 1 saturated heterocycles. The maximum atomic E-state index is 12.7. The molecule has 2 N–H and O–H groups in total. The number of ketones is 1. The second kappa shape index (κ2) is 6.31. The minimum absolute atomic E-state index is 0.117. The normalized spacial score (nSPS) is 18.9. The van der Waals surface area contributed by atoms with Crippen LogP contribution in [0.4, 0.5) is 10.6 Å². The van der Waals surface area contributed by atoms with Crippen molar-refractivity contribution in [1.82, 2.24) is 9.88 Å². The van der Waals surface area contributed by atoms with Gasteiger partial charge in [-0.2, -0.15) is 0 Å². The van der Waals surface area contributed by atoms with E-state index in [0.29, 0.717) is 13.2 Å². The minimum atomic E-state index is -0.755. The molecule has 1 aromatic heterocycles. The van der Waals surface area contributed by atoms with Crippen LogP contribution >= 0.6 is 0 Å². The minimum Gasteiger partial charge on any atom is -0.444 e. The number of pyridine rings is 1. The van der Waals surface area contributed by atoms with Gasteiger partial charge in [0.2, 0.25) is 0 Å². The van der Waals surface area contributed by atoms with Gasteiger partial charge >= 0.3 is 6.09 Å². The van der Waals surface area contributed by atoms with Crippen molar-refractivity contribution in [2.45, 2.75) is 32.4 Å². The number of carbonyl (C=O) groups is 2. The molecule has 1 aliphatic heterocycles. The Morgan fingerprint density at radius 3 is 2.82 bits per heavy atom. The Hall–Kier alpha value is -2.15. The zero-order chi connectivity index (χ0) is 16.3. The molecule has 120 valence electrons. The Balaban J connectivity index is 2.21. The van der Waals surface area contributed by atoms with Crippen molar-refractivity contribution in [1.29, 1.82) is 0 Å². The van der Waals surface area contributed by atoms with Crippen molar-refractivity contribution >= 4 is 17.7 Å². The van der Waals surface area contributed by atoms with Crippen molar-refractivity contribution in [2.24, 2.45) is 0 Å². The van der Waals surface area contributed by atoms with Gasteiger partial charge in [0.05, 0.1) is 18.8 Å². The van der Waals surface area contributed by atoms with E-state index in [1.807, 2.05) is 0 Å². The maximum Gasteiger partial charge on any atom is 0.411 e. The van der Waals surface area contributed by atoms with Crippen LogP contribution in [0.15, 0.2) is 18.3 Å². The van der Waals surface area contributed by atoms with Gasteiger partial charge in [0, 0.05) is 12.7 Å². The summed E-state index contributed by atoms with van der Waals surface area (Å²) in [5.74, 6) is -0.154. The van der Waals surface area contributed by atoms with Gasteiger partial charge in [0.15, 0.2) is 5.78 Å². The standard InChI is InChI=1S/C15H21N3O4/c1-15(2,3)22-14(20)18-7-8-21-9-11(18)12(19)10-5-4-6-17-13(10)16/h4-6,11H,7-9H2,1-3H3,(H2,16,17). The van der Waals surface area contributed by atoms with Gasteiger partial charge in [-0.1, -0.05) is 0 Å². The summed E-state index contributed by atoms with van der Waals surface area (Å²) >= 11 is 0. The summed E-state index contributed by atoms with van der Waals surface area (Å²) in [6, 6.07) is 2.47. The topological polar surface area (TPSA) is 94.7 Å². The molecule has 1 atom stereocenters. The highest BCUT2D eigenvalue weighted by Gasteiger charge is 2.36. The van der Waals surface area contributed by atoms with Gasteiger partial charge < -0.3 is 15.2 Å². The highest BCUT2D eigenvalue weighted by atomic mass is 16.6. The molecule has 2 rings (SSSR count). The van der Waals surface area contributed by atoms with Gasteiger partial charge in [-0.3, -0.25) is 9.69 Å². The second-order valence-corrected chi connectivity index (χ2v) is 6.06. The lowest BCUT2D eigenvalue weighted by molar-refractivity contribution is -0.0265. The summed E-state index contributed by atoms with van der Waals surface area (Å²) in [6.07, 6.45) is 0.978. The molecular formula is C15H21N3O4. The fourth-order valence-electron chi connectivity index (χ4n) is 2.17. The number of rotatable bonds is 2.